The predicted molar refractivity (Wildman–Crippen MR) is 149 cm³/mol. The minimum Gasteiger partial charge on any atom is -0.455 e. The van der Waals surface area contributed by atoms with Crippen LogP contribution in [0.4, 0.5) is 5.69 Å². The van der Waals surface area contributed by atoms with E-state index in [1.54, 1.807) is 35.7 Å². The molecule has 2 heterocycles. The van der Waals surface area contributed by atoms with Crippen LogP contribution in [0.25, 0.3) is 0 Å². The van der Waals surface area contributed by atoms with Crippen molar-refractivity contribution >= 4 is 50.5 Å². The molecule has 200 valence electrons. The number of hydrogen-bond acceptors (Lipinski definition) is 7. The molecule has 3 aromatic carbocycles. The number of carbonyl (C=O) groups excluding carboxylic acids is 2. The summed E-state index contributed by atoms with van der Waals surface area (Å²) in [5, 5.41) is 4.69. The van der Waals surface area contributed by atoms with Crippen molar-refractivity contribution < 1.29 is 27.5 Å². The number of fused-ring (bicyclic) bond motifs is 1. The van der Waals surface area contributed by atoms with Gasteiger partial charge in [0.15, 0.2) is 12.4 Å². The number of halogens is 1. The van der Waals surface area contributed by atoms with Gasteiger partial charge in [-0.05, 0) is 52.9 Å². The Morgan fingerprint density at radius 2 is 1.72 bits per heavy atom. The van der Waals surface area contributed by atoms with Crippen molar-refractivity contribution in [1.29, 1.82) is 0 Å². The first-order valence-electron chi connectivity index (χ1n) is 11.9. The molecule has 0 saturated heterocycles. The molecule has 0 radical (unpaired) electrons. The summed E-state index contributed by atoms with van der Waals surface area (Å²) >= 11 is 7.19. The summed E-state index contributed by atoms with van der Waals surface area (Å²) in [4.78, 5) is 26.0. The second-order valence-electron chi connectivity index (χ2n) is 8.68. The molecule has 0 bridgehead atoms. The van der Waals surface area contributed by atoms with E-state index in [4.69, 9.17) is 21.1 Å². The van der Waals surface area contributed by atoms with Gasteiger partial charge in [-0.1, -0.05) is 60.1 Å². The first-order chi connectivity index (χ1) is 18.8. The van der Waals surface area contributed by atoms with Crippen molar-refractivity contribution in [3.05, 3.63) is 106 Å². The minimum absolute atomic E-state index is 0.0189. The molecule has 8 nitrogen and oxygen atoms in total. The number of thiophene rings is 1. The number of carbonyl (C=O) groups is 2. The largest absolute Gasteiger partial charge is 0.455 e. The highest BCUT2D eigenvalue weighted by atomic mass is 35.5. The number of para-hydroxylation sites is 1. The number of sulfonamides is 1. The maximum atomic E-state index is 13.4. The fourth-order valence-electron chi connectivity index (χ4n) is 4.20. The number of hydrogen-bond donors (Lipinski definition) is 1. The van der Waals surface area contributed by atoms with Gasteiger partial charge in [-0.25, -0.2) is 8.42 Å². The van der Waals surface area contributed by atoms with Gasteiger partial charge in [-0.3, -0.25) is 9.59 Å². The van der Waals surface area contributed by atoms with Gasteiger partial charge in [0.2, 0.25) is 0 Å². The Kier molecular flexibility index (Phi) is 7.99. The Hall–Kier alpha value is -3.70. The molecule has 0 aliphatic carbocycles. The summed E-state index contributed by atoms with van der Waals surface area (Å²) < 4.78 is 39.2. The molecule has 0 fully saturated rings. The highest BCUT2D eigenvalue weighted by Gasteiger charge is 2.41. The van der Waals surface area contributed by atoms with Crippen molar-refractivity contribution in [3.8, 4) is 11.5 Å². The topological polar surface area (TPSA) is 102 Å². The van der Waals surface area contributed by atoms with Crippen molar-refractivity contribution in [2.24, 2.45) is 0 Å². The van der Waals surface area contributed by atoms with E-state index < -0.39 is 34.5 Å². The Bertz CT molecular complexity index is 1590. The molecular weight excluding hydrogens is 560 g/mol. The Morgan fingerprint density at radius 3 is 2.46 bits per heavy atom. The molecule has 0 spiro atoms. The average molecular weight is 583 g/mol. The molecule has 1 amide bonds. The van der Waals surface area contributed by atoms with Crippen LogP contribution in [0.5, 0.6) is 11.5 Å². The van der Waals surface area contributed by atoms with E-state index >= 15 is 0 Å². The summed E-state index contributed by atoms with van der Waals surface area (Å²) in [7, 11) is -3.96. The summed E-state index contributed by atoms with van der Waals surface area (Å²) in [6.45, 7) is -0.605. The lowest BCUT2D eigenvalue weighted by atomic mass is 9.96. The van der Waals surface area contributed by atoms with Gasteiger partial charge in [0.05, 0.1) is 5.69 Å². The van der Waals surface area contributed by atoms with Crippen LogP contribution in [0.2, 0.25) is 5.02 Å². The summed E-state index contributed by atoms with van der Waals surface area (Å²) in [6.07, 6.45) is 0.130. The molecule has 1 unspecified atom stereocenters. The molecule has 4 aromatic rings. The summed E-state index contributed by atoms with van der Waals surface area (Å²) in [6, 6.07) is 23.1. The van der Waals surface area contributed by atoms with E-state index in [0.29, 0.717) is 22.2 Å². The van der Waals surface area contributed by atoms with Crippen molar-refractivity contribution in [1.82, 2.24) is 4.31 Å². The number of nitrogens with one attached hydrogen (secondary N) is 1. The molecule has 1 N–H and O–H groups in total. The van der Waals surface area contributed by atoms with Crippen LogP contribution in [0.15, 0.2) is 94.5 Å². The lowest BCUT2D eigenvalue weighted by Gasteiger charge is -2.34. The van der Waals surface area contributed by atoms with Crippen LogP contribution in [-0.2, 0) is 37.3 Å². The standard InChI is InChI=1S/C28H23ClN2O6S2/c29-21-12-13-25(37-22-9-2-1-3-10-22)23(16-21)30-26(32)18-36-28(33)24-15-19-7-4-5-8-20(19)17-31(24)39(34,35)27-11-6-14-38-27/h1-14,16,24H,15,17-18H2,(H,30,32). The van der Waals surface area contributed by atoms with Gasteiger partial charge in [-0.15, -0.1) is 11.3 Å². The number of amides is 1. The smallest absolute Gasteiger partial charge is 0.325 e. The second-order valence-corrected chi connectivity index (χ2v) is 12.2. The quantitative estimate of drug-likeness (QED) is 0.276. The maximum Gasteiger partial charge on any atom is 0.325 e. The number of benzene rings is 3. The number of anilines is 1. The van der Waals surface area contributed by atoms with Crippen LogP contribution in [0, 0.1) is 0 Å². The monoisotopic (exact) mass is 582 g/mol. The molecule has 11 heteroatoms. The lowest BCUT2D eigenvalue weighted by Crippen LogP contribution is -2.49. The molecule has 1 aliphatic heterocycles. The highest BCUT2D eigenvalue weighted by molar-refractivity contribution is 7.91. The van der Waals surface area contributed by atoms with Gasteiger partial charge in [0.1, 0.15) is 16.0 Å². The van der Waals surface area contributed by atoms with E-state index in [1.807, 2.05) is 42.5 Å². The van der Waals surface area contributed by atoms with Gasteiger partial charge in [0, 0.05) is 18.0 Å². The first kappa shape index (κ1) is 26.9. The average Bonchev–Trinajstić information content (AvgIpc) is 3.49. The van der Waals surface area contributed by atoms with E-state index in [0.717, 1.165) is 26.8 Å². The minimum atomic E-state index is -3.96. The third kappa shape index (κ3) is 6.15. The van der Waals surface area contributed by atoms with Crippen molar-refractivity contribution in [3.63, 3.8) is 0 Å². The molecule has 5 rings (SSSR count). The van der Waals surface area contributed by atoms with Crippen LogP contribution in [0.1, 0.15) is 11.1 Å². The van der Waals surface area contributed by atoms with Crippen LogP contribution in [0.3, 0.4) is 0 Å². The third-order valence-corrected chi connectivity index (χ3v) is 9.53. The van der Waals surface area contributed by atoms with E-state index in [9.17, 15) is 18.0 Å². The van der Waals surface area contributed by atoms with Gasteiger partial charge < -0.3 is 14.8 Å². The summed E-state index contributed by atoms with van der Waals surface area (Å²) in [5.74, 6) is -0.534. The predicted octanol–water partition coefficient (Wildman–Crippen LogP) is 5.49. The fraction of sp³-hybridized carbons (Fsp3) is 0.143. The molecule has 39 heavy (non-hydrogen) atoms. The highest BCUT2D eigenvalue weighted by Crippen LogP contribution is 2.33. The molecule has 1 aliphatic rings. The van der Waals surface area contributed by atoms with Gasteiger partial charge in [-0.2, -0.15) is 4.31 Å². The molecule has 1 aromatic heterocycles. The van der Waals surface area contributed by atoms with Gasteiger partial charge in [0.25, 0.3) is 15.9 Å². The second kappa shape index (κ2) is 11.6. The first-order valence-corrected chi connectivity index (χ1v) is 14.6. The Balaban J connectivity index is 1.30. The lowest BCUT2D eigenvalue weighted by molar-refractivity contribution is -0.151. The summed E-state index contributed by atoms with van der Waals surface area (Å²) in [5.41, 5.74) is 1.95. The Morgan fingerprint density at radius 1 is 0.974 bits per heavy atom. The van der Waals surface area contributed by atoms with Crippen LogP contribution < -0.4 is 10.1 Å². The van der Waals surface area contributed by atoms with Crippen molar-refractivity contribution in [2.45, 2.75) is 23.2 Å². The van der Waals surface area contributed by atoms with Crippen molar-refractivity contribution in [2.75, 3.05) is 11.9 Å². The SMILES string of the molecule is O=C(COC(=O)C1Cc2ccccc2CN1S(=O)(=O)c1cccs1)Nc1cc(Cl)ccc1Oc1ccccc1. The third-order valence-electron chi connectivity index (χ3n) is 6.07. The number of ether oxygens (including phenoxy) is 2. The van der Waals surface area contributed by atoms with E-state index in [1.165, 1.54) is 12.1 Å². The molecule has 1 atom stereocenters. The van der Waals surface area contributed by atoms with Gasteiger partial charge >= 0.3 is 5.97 Å². The number of nitrogens with zero attached hydrogens (tertiary/aromatic N) is 1. The van der Waals surface area contributed by atoms with Crippen LogP contribution in [-0.4, -0.2) is 37.2 Å². The fourth-order valence-corrected chi connectivity index (χ4v) is 7.05. The van der Waals surface area contributed by atoms with Crippen LogP contribution >= 0.6 is 22.9 Å². The Labute approximate surface area is 234 Å². The van der Waals surface area contributed by atoms with E-state index in [-0.39, 0.29) is 17.2 Å². The van der Waals surface area contributed by atoms with E-state index in [2.05, 4.69) is 5.32 Å². The molecule has 0 saturated carbocycles. The zero-order valence-electron chi connectivity index (χ0n) is 20.5. The molecular formula is C28H23ClN2O6S2. The maximum absolute atomic E-state index is 13.4. The number of esters is 1. The zero-order valence-corrected chi connectivity index (χ0v) is 22.8. The zero-order chi connectivity index (χ0) is 27.4. The number of rotatable bonds is 8. The normalized spacial score (nSPS) is 15.3.